The first-order valence-electron chi connectivity index (χ1n) is 7.28. The van der Waals surface area contributed by atoms with E-state index in [4.69, 9.17) is 4.74 Å². The van der Waals surface area contributed by atoms with Crippen LogP contribution in [-0.4, -0.2) is 22.1 Å². The van der Waals surface area contributed by atoms with Crippen molar-refractivity contribution < 1.29 is 14.8 Å². The lowest BCUT2D eigenvalue weighted by Crippen LogP contribution is -1.91. The van der Waals surface area contributed by atoms with Gasteiger partial charge >= 0.3 is 0 Å². The highest BCUT2D eigenvalue weighted by molar-refractivity contribution is 14.1. The Morgan fingerprint density at radius 1 is 1.24 bits per heavy atom. The van der Waals surface area contributed by atoms with Crippen molar-refractivity contribution in [1.29, 1.82) is 0 Å². The van der Waals surface area contributed by atoms with Crippen LogP contribution in [0.2, 0.25) is 0 Å². The highest BCUT2D eigenvalue weighted by atomic mass is 127. The van der Waals surface area contributed by atoms with E-state index in [2.05, 4.69) is 4.98 Å². The number of aromatic nitrogens is 1. The first-order chi connectivity index (χ1) is 12.0. The zero-order valence-corrected chi connectivity index (χ0v) is 15.3. The van der Waals surface area contributed by atoms with Crippen molar-refractivity contribution >= 4 is 51.3 Å². The van der Waals surface area contributed by atoms with E-state index in [-0.39, 0.29) is 11.4 Å². The van der Waals surface area contributed by atoms with Crippen LogP contribution in [0.25, 0.3) is 23.1 Å². The Hall–Kier alpha value is -2.68. The molecule has 0 fully saturated rings. The topological polar surface area (TPSA) is 85.5 Å². The third-order valence-corrected chi connectivity index (χ3v) is 4.47. The maximum Gasteiger partial charge on any atom is 0.278 e. The van der Waals surface area contributed by atoms with Crippen molar-refractivity contribution in [3.8, 4) is 11.5 Å². The van der Waals surface area contributed by atoms with Gasteiger partial charge in [0.1, 0.15) is 0 Å². The Kier molecular flexibility index (Phi) is 4.84. The van der Waals surface area contributed by atoms with Crippen LogP contribution in [-0.2, 0) is 0 Å². The summed E-state index contributed by atoms with van der Waals surface area (Å²) in [5, 5.41) is 21.4. The molecule has 0 radical (unpaired) electrons. The fourth-order valence-corrected chi connectivity index (χ4v) is 3.06. The number of non-ortho nitro benzene ring substituents is 1. The van der Waals surface area contributed by atoms with Gasteiger partial charge in [0.15, 0.2) is 11.5 Å². The van der Waals surface area contributed by atoms with Crippen molar-refractivity contribution in [3.05, 3.63) is 67.4 Å². The van der Waals surface area contributed by atoms with E-state index >= 15 is 0 Å². The second-order valence-electron chi connectivity index (χ2n) is 5.22. The molecule has 0 saturated heterocycles. The molecule has 6 nitrogen and oxygen atoms in total. The third-order valence-electron chi connectivity index (χ3n) is 3.64. The Balaban J connectivity index is 1.97. The minimum Gasteiger partial charge on any atom is -0.504 e. The van der Waals surface area contributed by atoms with Gasteiger partial charge in [0, 0.05) is 6.07 Å². The van der Waals surface area contributed by atoms with E-state index in [0.717, 1.165) is 5.56 Å². The van der Waals surface area contributed by atoms with Crippen LogP contribution in [0.15, 0.2) is 42.5 Å². The van der Waals surface area contributed by atoms with E-state index in [0.29, 0.717) is 25.9 Å². The van der Waals surface area contributed by atoms with Crippen LogP contribution in [0.4, 0.5) is 5.69 Å². The summed E-state index contributed by atoms with van der Waals surface area (Å²) in [6.45, 7) is 0. The number of nitro groups is 1. The highest BCUT2D eigenvalue weighted by Crippen LogP contribution is 2.33. The number of nitrogens with zero attached hydrogens (tertiary/aromatic N) is 2. The Morgan fingerprint density at radius 3 is 2.76 bits per heavy atom. The van der Waals surface area contributed by atoms with Gasteiger partial charge in [0.2, 0.25) is 0 Å². The Labute approximate surface area is 157 Å². The Bertz CT molecular complexity index is 1000. The summed E-state index contributed by atoms with van der Waals surface area (Å²) in [7, 11) is 1.50. The monoisotopic (exact) mass is 448 g/mol. The predicted octanol–water partition coefficient (Wildman–Crippen LogP) is 4.63. The second-order valence-corrected chi connectivity index (χ2v) is 6.39. The number of ether oxygens (including phenoxy) is 1. The molecule has 7 heteroatoms. The van der Waals surface area contributed by atoms with E-state index < -0.39 is 4.92 Å². The standard InChI is InChI=1S/C18H13IN2O4/c1-25-17-10-11(9-14(19)18(17)22)5-6-12-7-8-13-15(20-12)3-2-4-16(13)21(23)24/h2-10,22H,1H3. The number of benzene rings is 2. The molecule has 0 amide bonds. The summed E-state index contributed by atoms with van der Waals surface area (Å²) < 4.78 is 5.82. The average molecular weight is 448 g/mol. The first-order valence-corrected chi connectivity index (χ1v) is 8.36. The quantitative estimate of drug-likeness (QED) is 0.357. The summed E-state index contributed by atoms with van der Waals surface area (Å²) in [5.41, 5.74) is 2.13. The van der Waals surface area contributed by atoms with Gasteiger partial charge in [-0.05, 0) is 64.6 Å². The molecule has 0 aliphatic carbocycles. The minimum atomic E-state index is -0.413. The normalized spacial score (nSPS) is 11.1. The number of halogens is 1. The molecule has 0 bridgehead atoms. The van der Waals surface area contributed by atoms with Crippen molar-refractivity contribution in [2.45, 2.75) is 0 Å². The van der Waals surface area contributed by atoms with Crippen LogP contribution in [0.1, 0.15) is 11.3 Å². The van der Waals surface area contributed by atoms with Gasteiger partial charge in [-0.3, -0.25) is 10.1 Å². The maximum atomic E-state index is 11.1. The van der Waals surface area contributed by atoms with E-state index in [1.807, 2.05) is 34.7 Å². The van der Waals surface area contributed by atoms with Crippen LogP contribution in [0, 0.1) is 13.7 Å². The smallest absolute Gasteiger partial charge is 0.278 e. The summed E-state index contributed by atoms with van der Waals surface area (Å²) in [6.07, 6.45) is 3.65. The summed E-state index contributed by atoms with van der Waals surface area (Å²) in [5.74, 6) is 0.505. The lowest BCUT2D eigenvalue weighted by atomic mass is 10.1. The van der Waals surface area contributed by atoms with Gasteiger partial charge in [0.05, 0.1) is 32.2 Å². The number of rotatable bonds is 4. The van der Waals surface area contributed by atoms with Gasteiger partial charge in [0.25, 0.3) is 5.69 Å². The zero-order chi connectivity index (χ0) is 18.0. The van der Waals surface area contributed by atoms with E-state index in [1.54, 1.807) is 36.4 Å². The lowest BCUT2D eigenvalue weighted by molar-refractivity contribution is -0.383. The fraction of sp³-hybridized carbons (Fsp3) is 0.0556. The lowest BCUT2D eigenvalue weighted by Gasteiger charge is -2.06. The number of hydrogen-bond acceptors (Lipinski definition) is 5. The first kappa shape index (κ1) is 17.2. The number of nitro benzene ring substituents is 1. The molecule has 0 spiro atoms. The molecule has 3 rings (SSSR count). The second kappa shape index (κ2) is 7.06. The summed E-state index contributed by atoms with van der Waals surface area (Å²) in [4.78, 5) is 15.1. The number of aromatic hydroxyl groups is 1. The molecule has 0 atom stereocenters. The van der Waals surface area contributed by atoms with Crippen molar-refractivity contribution in [2.75, 3.05) is 7.11 Å². The molecular weight excluding hydrogens is 435 g/mol. The molecule has 25 heavy (non-hydrogen) atoms. The molecule has 0 unspecified atom stereocenters. The van der Waals surface area contributed by atoms with E-state index in [9.17, 15) is 15.2 Å². The summed E-state index contributed by atoms with van der Waals surface area (Å²) in [6, 6.07) is 11.8. The average Bonchev–Trinajstić information content (AvgIpc) is 2.61. The number of phenolic OH excluding ortho intramolecular Hbond substituents is 1. The van der Waals surface area contributed by atoms with Gasteiger partial charge in [-0.1, -0.05) is 12.1 Å². The van der Waals surface area contributed by atoms with Crippen LogP contribution < -0.4 is 4.74 Å². The van der Waals surface area contributed by atoms with Crippen molar-refractivity contribution in [1.82, 2.24) is 4.98 Å². The fourth-order valence-electron chi connectivity index (χ4n) is 2.43. The van der Waals surface area contributed by atoms with Crippen molar-refractivity contribution in [3.63, 3.8) is 0 Å². The predicted molar refractivity (Wildman–Crippen MR) is 105 cm³/mol. The number of methoxy groups -OCH3 is 1. The maximum absolute atomic E-state index is 11.1. The molecule has 1 aromatic heterocycles. The van der Waals surface area contributed by atoms with Crippen LogP contribution in [0.5, 0.6) is 11.5 Å². The largest absolute Gasteiger partial charge is 0.504 e. The molecule has 3 aromatic rings. The molecule has 0 aliphatic heterocycles. The highest BCUT2D eigenvalue weighted by Gasteiger charge is 2.11. The minimum absolute atomic E-state index is 0.0401. The van der Waals surface area contributed by atoms with Gasteiger partial charge < -0.3 is 9.84 Å². The molecule has 126 valence electrons. The number of fused-ring (bicyclic) bond motifs is 1. The number of phenols is 1. The molecule has 2 aromatic carbocycles. The third kappa shape index (κ3) is 3.55. The number of pyridine rings is 1. The molecule has 0 saturated carbocycles. The van der Waals surface area contributed by atoms with Gasteiger partial charge in [-0.25, -0.2) is 4.98 Å². The van der Waals surface area contributed by atoms with Crippen LogP contribution in [0.3, 0.4) is 0 Å². The molecule has 1 heterocycles. The molecule has 0 aliphatic rings. The zero-order valence-electron chi connectivity index (χ0n) is 13.1. The SMILES string of the molecule is COc1cc(C=Cc2ccc3c([N+](=O)[O-])cccc3n2)cc(I)c1O. The number of hydrogen-bond donors (Lipinski definition) is 1. The Morgan fingerprint density at radius 2 is 2.04 bits per heavy atom. The van der Waals surface area contributed by atoms with Gasteiger partial charge in [-0.15, -0.1) is 0 Å². The van der Waals surface area contributed by atoms with Crippen LogP contribution >= 0.6 is 22.6 Å². The summed E-state index contributed by atoms with van der Waals surface area (Å²) >= 11 is 2.03. The van der Waals surface area contributed by atoms with Gasteiger partial charge in [-0.2, -0.15) is 0 Å². The molecule has 1 N–H and O–H groups in total. The van der Waals surface area contributed by atoms with E-state index in [1.165, 1.54) is 13.2 Å². The molecular formula is C18H13IN2O4. The van der Waals surface area contributed by atoms with Crippen molar-refractivity contribution in [2.24, 2.45) is 0 Å².